The highest BCUT2D eigenvalue weighted by Crippen LogP contribution is 2.27. The van der Waals surface area contributed by atoms with Crippen LogP contribution in [0.15, 0.2) is 78.9 Å². The summed E-state index contributed by atoms with van der Waals surface area (Å²) in [6, 6.07) is 24.5. The lowest BCUT2D eigenvalue weighted by Gasteiger charge is -2.21. The van der Waals surface area contributed by atoms with Crippen molar-refractivity contribution in [2.45, 2.75) is 13.2 Å². The Bertz CT molecular complexity index is 773. The normalized spacial score (nSPS) is 11.4. The third kappa shape index (κ3) is 4.78. The maximum absolute atomic E-state index is 8.67. The minimum atomic E-state index is -0.583. The van der Waals surface area contributed by atoms with Gasteiger partial charge in [-0.05, 0) is 43.3 Å². The Kier molecular flexibility index (Phi) is 5.59. The summed E-state index contributed by atoms with van der Waals surface area (Å²) < 4.78 is 17.0. The van der Waals surface area contributed by atoms with Gasteiger partial charge in [-0.25, -0.2) is 0 Å². The molecule has 3 aromatic rings. The summed E-state index contributed by atoms with van der Waals surface area (Å²) in [5.74, 6) is 1.88. The minimum absolute atomic E-state index is 0.519. The highest BCUT2D eigenvalue weighted by atomic mass is 16.7. The van der Waals surface area contributed by atoms with E-state index in [1.54, 1.807) is 24.3 Å². The molecule has 1 atom stereocenters. The van der Waals surface area contributed by atoms with Crippen LogP contribution in [0.3, 0.4) is 0 Å². The molecule has 1 N–H and O–H groups in total. The van der Waals surface area contributed by atoms with Crippen LogP contribution in [-0.4, -0.2) is 12.7 Å². The first kappa shape index (κ1) is 16.9. The molecule has 25 heavy (non-hydrogen) atoms. The first-order valence-corrected chi connectivity index (χ1v) is 7.92. The van der Waals surface area contributed by atoms with Crippen molar-refractivity contribution in [3.8, 4) is 17.2 Å². The van der Waals surface area contributed by atoms with Crippen LogP contribution in [0, 0.1) is 6.92 Å². The molecule has 0 bridgehead atoms. The Hall–Kier alpha value is -2.92. The van der Waals surface area contributed by atoms with Crippen LogP contribution in [0.25, 0.3) is 0 Å². The number of benzene rings is 3. The number of aryl methyl sites for hydroxylation is 1. The Morgan fingerprint density at radius 3 is 1.80 bits per heavy atom. The van der Waals surface area contributed by atoms with Gasteiger partial charge in [-0.3, -0.25) is 0 Å². The van der Waals surface area contributed by atoms with Gasteiger partial charge in [0, 0.05) is 5.56 Å². The van der Waals surface area contributed by atoms with Crippen LogP contribution in [0.5, 0.6) is 17.2 Å². The molecule has 0 saturated carbocycles. The van der Waals surface area contributed by atoms with Crippen LogP contribution >= 0.6 is 0 Å². The topological polar surface area (TPSA) is 47.9 Å². The van der Waals surface area contributed by atoms with Gasteiger partial charge >= 0.3 is 7.69 Å². The zero-order valence-electron chi connectivity index (χ0n) is 13.8. The van der Waals surface area contributed by atoms with Crippen LogP contribution in [-0.2, 0) is 0 Å². The fourth-order valence-electron chi connectivity index (χ4n) is 2.29. The molecule has 0 fully saturated rings. The van der Waals surface area contributed by atoms with Gasteiger partial charge in [0.15, 0.2) is 0 Å². The van der Waals surface area contributed by atoms with E-state index in [2.05, 4.69) is 0 Å². The molecule has 0 heterocycles. The van der Waals surface area contributed by atoms with E-state index in [0.29, 0.717) is 19.2 Å². The van der Waals surface area contributed by atoms with E-state index in [9.17, 15) is 0 Å². The van der Waals surface area contributed by atoms with Gasteiger partial charge in [-0.15, -0.1) is 0 Å². The van der Waals surface area contributed by atoms with Gasteiger partial charge in [0.1, 0.15) is 17.2 Å². The molecule has 3 aromatic carbocycles. The molecular formula is C20H18BO4. The van der Waals surface area contributed by atoms with Crippen LogP contribution in [0.4, 0.5) is 0 Å². The van der Waals surface area contributed by atoms with Gasteiger partial charge < -0.3 is 19.2 Å². The van der Waals surface area contributed by atoms with Crippen molar-refractivity contribution < 1.29 is 19.2 Å². The van der Waals surface area contributed by atoms with Crippen molar-refractivity contribution >= 4 is 7.69 Å². The van der Waals surface area contributed by atoms with Gasteiger partial charge in [0.25, 0.3) is 6.29 Å². The van der Waals surface area contributed by atoms with E-state index in [4.69, 9.17) is 19.2 Å². The van der Waals surface area contributed by atoms with Crippen molar-refractivity contribution in [1.82, 2.24) is 0 Å². The number of hydrogen-bond acceptors (Lipinski definition) is 4. The summed E-state index contributed by atoms with van der Waals surface area (Å²) >= 11 is 0. The maximum atomic E-state index is 8.67. The number of hydrogen-bond donors (Lipinski definition) is 1. The third-order valence-electron chi connectivity index (χ3n) is 3.59. The summed E-state index contributed by atoms with van der Waals surface area (Å²) in [7, 11) is 0.642. The second-order valence-electron chi connectivity index (χ2n) is 5.49. The van der Waals surface area contributed by atoms with E-state index in [1.165, 1.54) is 5.56 Å². The molecule has 0 spiro atoms. The predicted octanol–water partition coefficient (Wildman–Crippen LogP) is 4.06. The van der Waals surface area contributed by atoms with Gasteiger partial charge in [0.2, 0.25) is 0 Å². The van der Waals surface area contributed by atoms with Gasteiger partial charge in [-0.1, -0.05) is 48.0 Å². The molecule has 4 nitrogen and oxygen atoms in total. The van der Waals surface area contributed by atoms with Crippen LogP contribution in [0.2, 0.25) is 0 Å². The van der Waals surface area contributed by atoms with Gasteiger partial charge in [-0.2, -0.15) is 0 Å². The van der Waals surface area contributed by atoms with Crippen molar-refractivity contribution in [2.24, 2.45) is 0 Å². The zero-order chi connectivity index (χ0) is 17.5. The molecule has 0 aromatic heterocycles. The molecule has 1 unspecified atom stereocenters. The molecule has 0 amide bonds. The van der Waals surface area contributed by atoms with E-state index in [1.807, 2.05) is 61.5 Å². The van der Waals surface area contributed by atoms with E-state index in [0.717, 1.165) is 11.3 Å². The van der Waals surface area contributed by atoms with Crippen molar-refractivity contribution in [3.05, 3.63) is 90.0 Å². The van der Waals surface area contributed by atoms with Crippen molar-refractivity contribution in [1.29, 1.82) is 0 Å². The highest BCUT2D eigenvalue weighted by molar-refractivity contribution is 6.17. The average molecular weight is 333 g/mol. The molecule has 0 aliphatic carbocycles. The summed E-state index contributed by atoms with van der Waals surface area (Å²) in [5, 5.41) is 8.67. The Labute approximate surface area is 147 Å². The Morgan fingerprint density at radius 2 is 1.24 bits per heavy atom. The van der Waals surface area contributed by atoms with E-state index >= 15 is 0 Å². The maximum Gasteiger partial charge on any atom is 0.569 e. The summed E-state index contributed by atoms with van der Waals surface area (Å²) in [5.41, 5.74) is 2.08. The standard InChI is InChI=1S/C20H18BO4/c1-15-7-9-17(10-8-15)23-20(16-5-3-2-4-6-16)24-18-11-13-19(14-12-18)25-21-22/h2-14,20,22H,1H3. The quantitative estimate of drug-likeness (QED) is 0.523. The van der Waals surface area contributed by atoms with Crippen molar-refractivity contribution in [2.75, 3.05) is 0 Å². The van der Waals surface area contributed by atoms with Gasteiger partial charge in [0.05, 0.1) is 0 Å². The SMILES string of the molecule is Cc1ccc(OC(Oc2ccc(O[B]O)cc2)c2ccccc2)cc1. The molecular weight excluding hydrogens is 315 g/mol. The molecule has 0 aliphatic heterocycles. The number of ether oxygens (including phenoxy) is 2. The van der Waals surface area contributed by atoms with E-state index in [-0.39, 0.29) is 0 Å². The second-order valence-corrected chi connectivity index (χ2v) is 5.49. The fourth-order valence-corrected chi connectivity index (χ4v) is 2.29. The largest absolute Gasteiger partial charge is 0.569 e. The van der Waals surface area contributed by atoms with E-state index < -0.39 is 6.29 Å². The first-order valence-electron chi connectivity index (χ1n) is 7.92. The first-order chi connectivity index (χ1) is 12.2. The number of rotatable bonds is 7. The van der Waals surface area contributed by atoms with Crippen molar-refractivity contribution in [3.63, 3.8) is 0 Å². The van der Waals surface area contributed by atoms with Crippen LogP contribution in [0.1, 0.15) is 17.4 Å². The molecule has 1 radical (unpaired) electrons. The predicted molar refractivity (Wildman–Crippen MR) is 96.7 cm³/mol. The lowest BCUT2D eigenvalue weighted by Crippen LogP contribution is -2.15. The smallest absolute Gasteiger partial charge is 0.537 e. The average Bonchev–Trinajstić information content (AvgIpc) is 2.65. The lowest BCUT2D eigenvalue weighted by molar-refractivity contribution is 0.00378. The molecule has 0 aliphatic rings. The molecule has 5 heteroatoms. The monoisotopic (exact) mass is 333 g/mol. The summed E-state index contributed by atoms with van der Waals surface area (Å²) in [6.07, 6.45) is -0.583. The Morgan fingerprint density at radius 1 is 0.720 bits per heavy atom. The second kappa shape index (κ2) is 8.26. The molecule has 125 valence electrons. The highest BCUT2D eigenvalue weighted by Gasteiger charge is 2.15. The lowest BCUT2D eigenvalue weighted by atomic mass is 10.2. The summed E-state index contributed by atoms with van der Waals surface area (Å²) in [4.78, 5) is 0. The fraction of sp³-hybridized carbons (Fsp3) is 0.100. The zero-order valence-corrected chi connectivity index (χ0v) is 13.8. The summed E-state index contributed by atoms with van der Waals surface area (Å²) in [6.45, 7) is 2.03. The third-order valence-corrected chi connectivity index (χ3v) is 3.59. The van der Waals surface area contributed by atoms with Crippen LogP contribution < -0.4 is 14.1 Å². The Balaban J connectivity index is 1.79. The minimum Gasteiger partial charge on any atom is -0.537 e. The molecule has 0 saturated heterocycles. The molecule has 3 rings (SSSR count).